The fraction of sp³-hybridized carbons (Fsp3) is 0.167. The molecule has 0 bridgehead atoms. The summed E-state index contributed by atoms with van der Waals surface area (Å²) in [6.07, 6.45) is 1.60. The van der Waals surface area contributed by atoms with Crippen LogP contribution in [0.4, 0.5) is 15.6 Å². The van der Waals surface area contributed by atoms with Crippen molar-refractivity contribution in [2.75, 3.05) is 24.9 Å². The van der Waals surface area contributed by atoms with E-state index in [0.29, 0.717) is 27.3 Å². The lowest BCUT2D eigenvalue weighted by Gasteiger charge is -2.13. The molecule has 9 heteroatoms. The molecule has 0 saturated heterocycles. The van der Waals surface area contributed by atoms with Crippen molar-refractivity contribution in [3.63, 3.8) is 0 Å². The van der Waals surface area contributed by atoms with E-state index >= 15 is 0 Å². The minimum atomic E-state index is -0.448. The molecule has 0 fully saturated rings. The molecule has 1 heterocycles. The SMILES string of the molecule is COc1cc(OC)c(NC(=O)Nc2ncc(Br)s2)cc1Cl. The Bertz CT molecular complexity index is 665. The first-order valence-electron chi connectivity index (χ1n) is 5.64. The summed E-state index contributed by atoms with van der Waals surface area (Å²) in [6.45, 7) is 0. The quantitative estimate of drug-likeness (QED) is 0.817. The Hall–Kier alpha value is -1.51. The van der Waals surface area contributed by atoms with Gasteiger partial charge in [0.25, 0.3) is 0 Å². The van der Waals surface area contributed by atoms with E-state index < -0.39 is 6.03 Å². The minimum absolute atomic E-state index is 0.366. The van der Waals surface area contributed by atoms with Crippen molar-refractivity contribution in [3.05, 3.63) is 27.1 Å². The highest BCUT2D eigenvalue weighted by atomic mass is 79.9. The molecule has 0 atom stereocenters. The van der Waals surface area contributed by atoms with Gasteiger partial charge in [-0.15, -0.1) is 0 Å². The second kappa shape index (κ2) is 6.97. The molecule has 21 heavy (non-hydrogen) atoms. The van der Waals surface area contributed by atoms with Crippen LogP contribution in [0, 0.1) is 0 Å². The van der Waals surface area contributed by atoms with Crippen LogP contribution >= 0.6 is 38.9 Å². The molecule has 0 radical (unpaired) electrons. The van der Waals surface area contributed by atoms with Gasteiger partial charge in [0.05, 0.1) is 34.9 Å². The van der Waals surface area contributed by atoms with Crippen LogP contribution in [-0.2, 0) is 0 Å². The molecule has 0 spiro atoms. The summed E-state index contributed by atoms with van der Waals surface area (Å²) < 4.78 is 11.1. The molecule has 0 unspecified atom stereocenters. The van der Waals surface area contributed by atoms with Crippen molar-refractivity contribution in [2.45, 2.75) is 0 Å². The molecule has 0 saturated carbocycles. The van der Waals surface area contributed by atoms with E-state index in [0.717, 1.165) is 3.79 Å². The number of thiazole rings is 1. The maximum atomic E-state index is 11.9. The van der Waals surface area contributed by atoms with Crippen molar-refractivity contribution in [1.82, 2.24) is 4.98 Å². The lowest BCUT2D eigenvalue weighted by Crippen LogP contribution is -2.19. The van der Waals surface area contributed by atoms with Crippen LogP contribution in [-0.4, -0.2) is 25.2 Å². The van der Waals surface area contributed by atoms with Gasteiger partial charge in [0.2, 0.25) is 0 Å². The molecule has 2 N–H and O–H groups in total. The zero-order valence-corrected chi connectivity index (χ0v) is 14.2. The summed E-state index contributed by atoms with van der Waals surface area (Å²) in [6, 6.07) is 2.70. The highest BCUT2D eigenvalue weighted by Crippen LogP contribution is 2.36. The van der Waals surface area contributed by atoms with Gasteiger partial charge in [-0.1, -0.05) is 22.9 Å². The summed E-state index contributed by atoms with van der Waals surface area (Å²) in [5, 5.41) is 6.09. The Morgan fingerprint density at radius 3 is 2.57 bits per heavy atom. The van der Waals surface area contributed by atoms with Gasteiger partial charge in [-0.2, -0.15) is 0 Å². The van der Waals surface area contributed by atoms with Gasteiger partial charge in [0.15, 0.2) is 5.13 Å². The molecule has 1 aromatic carbocycles. The maximum absolute atomic E-state index is 11.9. The van der Waals surface area contributed by atoms with Gasteiger partial charge in [-0.3, -0.25) is 5.32 Å². The number of carbonyl (C=O) groups excluding carboxylic acids is 1. The third-order valence-corrected chi connectivity index (χ3v) is 4.11. The molecule has 1 aromatic heterocycles. The van der Waals surface area contributed by atoms with Crippen molar-refractivity contribution in [3.8, 4) is 11.5 Å². The van der Waals surface area contributed by atoms with E-state index in [9.17, 15) is 4.79 Å². The molecule has 2 aromatic rings. The minimum Gasteiger partial charge on any atom is -0.495 e. The van der Waals surface area contributed by atoms with E-state index in [-0.39, 0.29) is 0 Å². The molecule has 0 aliphatic rings. The number of halogens is 2. The fourth-order valence-electron chi connectivity index (χ4n) is 1.52. The lowest BCUT2D eigenvalue weighted by molar-refractivity contribution is 0.262. The molecular formula is C12H11BrClN3O3S. The van der Waals surface area contributed by atoms with E-state index in [1.165, 1.54) is 25.6 Å². The number of urea groups is 1. The number of nitrogens with one attached hydrogen (secondary N) is 2. The molecule has 2 rings (SSSR count). The van der Waals surface area contributed by atoms with E-state index in [1.807, 2.05) is 0 Å². The summed E-state index contributed by atoms with van der Waals surface area (Å²) in [7, 11) is 2.99. The number of rotatable bonds is 4. The van der Waals surface area contributed by atoms with Crippen LogP contribution in [0.2, 0.25) is 5.02 Å². The van der Waals surface area contributed by atoms with Gasteiger partial charge < -0.3 is 14.8 Å². The van der Waals surface area contributed by atoms with E-state index in [4.69, 9.17) is 21.1 Å². The third-order valence-electron chi connectivity index (χ3n) is 2.42. The van der Waals surface area contributed by atoms with E-state index in [2.05, 4.69) is 31.5 Å². The number of benzene rings is 1. The van der Waals surface area contributed by atoms with Gasteiger partial charge in [0, 0.05) is 6.07 Å². The molecule has 0 aliphatic heterocycles. The van der Waals surface area contributed by atoms with Crippen molar-refractivity contribution < 1.29 is 14.3 Å². The second-order valence-electron chi connectivity index (χ2n) is 3.74. The monoisotopic (exact) mass is 391 g/mol. The molecule has 6 nitrogen and oxygen atoms in total. The van der Waals surface area contributed by atoms with Crippen LogP contribution in [0.5, 0.6) is 11.5 Å². The predicted molar refractivity (Wildman–Crippen MR) is 87.0 cm³/mol. The number of nitrogens with zero attached hydrogens (tertiary/aromatic N) is 1. The smallest absolute Gasteiger partial charge is 0.325 e. The van der Waals surface area contributed by atoms with E-state index in [1.54, 1.807) is 18.3 Å². The zero-order chi connectivity index (χ0) is 15.4. The number of hydrogen-bond donors (Lipinski definition) is 2. The summed E-state index contributed by atoms with van der Waals surface area (Å²) >= 11 is 10.6. The largest absolute Gasteiger partial charge is 0.495 e. The topological polar surface area (TPSA) is 72.5 Å². The lowest BCUT2D eigenvalue weighted by atomic mass is 10.2. The van der Waals surface area contributed by atoms with Crippen molar-refractivity contribution in [1.29, 1.82) is 0 Å². The number of aromatic nitrogens is 1. The Kier molecular flexibility index (Phi) is 5.27. The van der Waals surface area contributed by atoms with Gasteiger partial charge >= 0.3 is 6.03 Å². The number of ether oxygens (including phenoxy) is 2. The summed E-state index contributed by atoms with van der Waals surface area (Å²) in [4.78, 5) is 15.9. The number of hydrogen-bond acceptors (Lipinski definition) is 5. The summed E-state index contributed by atoms with van der Waals surface area (Å²) in [5.74, 6) is 0.898. The van der Waals surface area contributed by atoms with Gasteiger partial charge in [-0.05, 0) is 22.0 Å². The average Bonchev–Trinajstić information content (AvgIpc) is 2.84. The predicted octanol–water partition coefficient (Wildman–Crippen LogP) is 4.22. The normalized spacial score (nSPS) is 10.1. The van der Waals surface area contributed by atoms with Crippen LogP contribution < -0.4 is 20.1 Å². The number of methoxy groups -OCH3 is 2. The van der Waals surface area contributed by atoms with Crippen LogP contribution in [0.1, 0.15) is 0 Å². The third kappa shape index (κ3) is 3.99. The molecule has 112 valence electrons. The Morgan fingerprint density at radius 2 is 2.00 bits per heavy atom. The Labute approximate surface area is 138 Å². The fourth-order valence-corrected chi connectivity index (χ4v) is 2.86. The van der Waals surface area contributed by atoms with Crippen molar-refractivity contribution in [2.24, 2.45) is 0 Å². The number of carbonyl (C=O) groups is 1. The second-order valence-corrected chi connectivity index (χ2v) is 6.55. The van der Waals surface area contributed by atoms with Gasteiger partial charge in [0.1, 0.15) is 11.5 Å². The number of anilines is 2. The van der Waals surface area contributed by atoms with Gasteiger partial charge in [-0.25, -0.2) is 9.78 Å². The first-order chi connectivity index (χ1) is 10.0. The highest BCUT2D eigenvalue weighted by molar-refractivity contribution is 9.11. The van der Waals surface area contributed by atoms with Crippen molar-refractivity contribution >= 4 is 55.7 Å². The number of amides is 2. The van der Waals surface area contributed by atoms with Crippen LogP contribution in [0.25, 0.3) is 0 Å². The Morgan fingerprint density at radius 1 is 1.29 bits per heavy atom. The van der Waals surface area contributed by atoms with Crippen LogP contribution in [0.3, 0.4) is 0 Å². The summed E-state index contributed by atoms with van der Waals surface area (Å²) in [5.41, 5.74) is 0.427. The first-order valence-corrected chi connectivity index (χ1v) is 7.63. The molecule has 0 aliphatic carbocycles. The molecular weight excluding hydrogens is 382 g/mol. The molecule has 2 amide bonds. The first kappa shape index (κ1) is 15.9. The maximum Gasteiger partial charge on any atom is 0.325 e. The zero-order valence-electron chi connectivity index (χ0n) is 11.1. The Balaban J connectivity index is 2.14. The average molecular weight is 393 g/mol. The standard InChI is InChI=1S/C12H11BrClN3O3S/c1-19-8-4-9(20-2)7(3-6(8)14)16-11(18)17-12-15-5-10(13)21-12/h3-5H,1-2H3,(H2,15,16,17,18). The van der Waals surface area contributed by atoms with Crippen LogP contribution in [0.15, 0.2) is 22.1 Å². The highest BCUT2D eigenvalue weighted by Gasteiger charge is 2.13.